The highest BCUT2D eigenvalue weighted by Crippen LogP contribution is 2.26. The molecule has 0 saturated heterocycles. The van der Waals surface area contributed by atoms with Crippen molar-refractivity contribution in [1.29, 1.82) is 0 Å². The van der Waals surface area contributed by atoms with Gasteiger partial charge in [0.15, 0.2) is 31.5 Å². The maximum Gasteiger partial charge on any atom is 0.184 e. The molecule has 21 N–H and O–H groups in total. The molecular weight excluding hydrogens is 878 g/mol. The average molecular weight is 954 g/mol. The fourth-order valence-electron chi connectivity index (χ4n) is 6.04. The van der Waals surface area contributed by atoms with E-state index in [1.165, 1.54) is 0 Å². The Morgan fingerprint density at radius 3 is 1.09 bits per heavy atom. The highest BCUT2D eigenvalue weighted by Gasteiger charge is 2.46. The van der Waals surface area contributed by atoms with Crippen LogP contribution in [0.2, 0.25) is 0 Å². The van der Waals surface area contributed by atoms with E-state index in [1.807, 2.05) is 0 Å². The summed E-state index contributed by atoms with van der Waals surface area (Å²) in [7, 11) is 2.15. The lowest BCUT2D eigenvalue weighted by Gasteiger charge is -2.40. The highest BCUT2D eigenvalue weighted by atomic mass is 16.7. The normalized spacial score (nSPS) is 22.0. The molecule has 28 heteroatoms. The Balaban J connectivity index is 7.00. The Hall–Kier alpha value is -1.12. The van der Waals surface area contributed by atoms with Crippen LogP contribution in [0.25, 0.3) is 0 Å². The van der Waals surface area contributed by atoms with Crippen molar-refractivity contribution in [3.8, 4) is 0 Å². The van der Waals surface area contributed by atoms with E-state index in [1.54, 1.807) is 0 Å². The van der Waals surface area contributed by atoms with Crippen molar-refractivity contribution in [3.63, 3.8) is 0 Å². The summed E-state index contributed by atoms with van der Waals surface area (Å²) in [6, 6.07) is 0. The van der Waals surface area contributed by atoms with Gasteiger partial charge in [-0.3, -0.25) is 0 Å². The lowest BCUT2D eigenvalue weighted by atomic mass is 10.0. The second kappa shape index (κ2) is 35.1. The van der Waals surface area contributed by atoms with Crippen LogP contribution in [0.5, 0.6) is 0 Å². The molecule has 64 heavy (non-hydrogen) atoms. The molecule has 20 atom stereocenters. The Kier molecular flexibility index (Phi) is 34.4. The number of aliphatic hydroxyl groups is 19. The lowest BCUT2D eigenvalue weighted by Crippen LogP contribution is -2.58. The smallest absolute Gasteiger partial charge is 0.184 e. The quantitative estimate of drug-likeness (QED) is 0.0200. The Bertz CT molecular complexity index is 1110. The molecule has 0 aromatic heterocycles. The van der Waals surface area contributed by atoms with Crippen molar-refractivity contribution in [2.75, 3.05) is 73.6 Å². The van der Waals surface area contributed by atoms with Crippen LogP contribution >= 0.6 is 0 Å². The largest absolute Gasteiger partial charge is 0.396 e. The van der Waals surface area contributed by atoms with E-state index in [0.29, 0.717) is 0 Å². The maximum absolute atomic E-state index is 11.5. The third-order valence-corrected chi connectivity index (χ3v) is 9.72. The van der Waals surface area contributed by atoms with Crippen molar-refractivity contribution in [2.45, 2.75) is 155 Å². The number of ether oxygens (including phenoxy) is 8. The van der Waals surface area contributed by atoms with Gasteiger partial charge in [-0.25, -0.2) is 0 Å². The number of rotatable bonds is 41. The molecule has 0 aromatic carbocycles. The van der Waals surface area contributed by atoms with E-state index >= 15 is 0 Å². The summed E-state index contributed by atoms with van der Waals surface area (Å²) in [6.07, 6.45) is -47.0. The van der Waals surface area contributed by atoms with Gasteiger partial charge in [0.2, 0.25) is 0 Å². The number of hydrogen-bond donors (Lipinski definition) is 20. The molecule has 0 aliphatic heterocycles. The zero-order valence-corrected chi connectivity index (χ0v) is 35.8. The van der Waals surface area contributed by atoms with E-state index in [9.17, 15) is 91.9 Å². The molecule has 0 bridgehead atoms. The molecule has 0 saturated carbocycles. The molecule has 0 spiro atoms. The summed E-state index contributed by atoms with van der Waals surface area (Å²) in [5.41, 5.74) is 5.35. The second-order valence-electron chi connectivity index (χ2n) is 14.4. The van der Waals surface area contributed by atoms with Gasteiger partial charge in [-0.1, -0.05) is 0 Å². The first kappa shape index (κ1) is 62.9. The standard InChI is InChI=1S/C36H75NO27/c1-57-20(6-12-41)28(26(50)32(52)60-16-15-59-14-8-37)61-34(54)27(51)29(21(58-2)7-13-42)62-35(55)31(24(48)19(45)5-11-40)64-36(56)30(23(47)18(44)4-10-39)63-33(53)25(49)22(46)17(43)3-9-38/h17-36,38-56H,3-16,37H2,1-2H3/t17-,18-,19-,20-,21-,22?,23?,24?,25?,26?,27?,28?,29?,30?,31?,32-,33-,34-,35-,36-/m1/s1. The molecule has 386 valence electrons. The molecular formula is C36H75NO27. The molecule has 28 nitrogen and oxygen atoms in total. The maximum atomic E-state index is 11.5. The predicted molar refractivity (Wildman–Crippen MR) is 210 cm³/mol. The van der Waals surface area contributed by atoms with Gasteiger partial charge in [0.1, 0.15) is 61.0 Å². The van der Waals surface area contributed by atoms with Crippen LogP contribution in [-0.2, 0) is 37.9 Å². The first-order chi connectivity index (χ1) is 30.3. The van der Waals surface area contributed by atoms with Gasteiger partial charge in [0.05, 0.1) is 50.3 Å². The molecule has 0 aliphatic carbocycles. The zero-order valence-electron chi connectivity index (χ0n) is 35.8. The predicted octanol–water partition coefficient (Wildman–Crippen LogP) is -10.7. The summed E-state index contributed by atoms with van der Waals surface area (Å²) in [4.78, 5) is 0. The van der Waals surface area contributed by atoms with Crippen LogP contribution in [0.1, 0.15) is 32.1 Å². The van der Waals surface area contributed by atoms with Crippen molar-refractivity contribution in [2.24, 2.45) is 5.73 Å². The van der Waals surface area contributed by atoms with Crippen molar-refractivity contribution in [3.05, 3.63) is 0 Å². The molecule has 0 aliphatic rings. The summed E-state index contributed by atoms with van der Waals surface area (Å²) in [5.74, 6) is 0. The van der Waals surface area contributed by atoms with Crippen molar-refractivity contribution >= 4 is 0 Å². The number of nitrogens with two attached hydrogens (primary N) is 1. The molecule has 0 amide bonds. The SMILES string of the molecule is CO[C@H](CCO)C(O[C@@H](O)C(O)C(O[C@@H](O)C(O[C@@H](O)C(O[C@@H](O)C(O)C(O)[C@H](O)CCO)C(O)[C@H](O)CCO)C(O)[C@H](O)CCO)[C@@H](CCO)OC)C(O)[C@H](O)OCCOCCN. The van der Waals surface area contributed by atoms with Crippen LogP contribution in [0.15, 0.2) is 0 Å². The van der Waals surface area contributed by atoms with E-state index in [0.717, 1.165) is 14.2 Å². The Morgan fingerprint density at radius 2 is 0.703 bits per heavy atom. The van der Waals surface area contributed by atoms with E-state index in [-0.39, 0.29) is 32.8 Å². The van der Waals surface area contributed by atoms with Crippen molar-refractivity contribution in [1.82, 2.24) is 0 Å². The van der Waals surface area contributed by atoms with Gasteiger partial charge in [-0.2, -0.15) is 0 Å². The minimum Gasteiger partial charge on any atom is -0.396 e. The third kappa shape index (κ3) is 21.5. The minimum absolute atomic E-state index is 0.0669. The fraction of sp³-hybridized carbons (Fsp3) is 1.00. The molecule has 0 heterocycles. The van der Waals surface area contributed by atoms with Gasteiger partial charge in [-0.05, 0) is 32.1 Å². The minimum atomic E-state index is -2.79. The second-order valence-corrected chi connectivity index (χ2v) is 14.4. The van der Waals surface area contributed by atoms with Crippen LogP contribution < -0.4 is 5.73 Å². The average Bonchev–Trinajstić information content (AvgIpc) is 3.27. The van der Waals surface area contributed by atoms with Crippen LogP contribution in [-0.4, -0.2) is 294 Å². The highest BCUT2D eigenvalue weighted by molar-refractivity contribution is 4.89. The first-order valence-corrected chi connectivity index (χ1v) is 20.4. The molecule has 10 unspecified atom stereocenters. The molecule has 0 radical (unpaired) electrons. The zero-order chi connectivity index (χ0) is 49.1. The van der Waals surface area contributed by atoms with Crippen molar-refractivity contribution < 1.29 is 135 Å². The fourth-order valence-corrected chi connectivity index (χ4v) is 6.04. The van der Waals surface area contributed by atoms with Gasteiger partial charge >= 0.3 is 0 Å². The van der Waals surface area contributed by atoms with Gasteiger partial charge in [0.25, 0.3) is 0 Å². The molecule has 0 aromatic rings. The summed E-state index contributed by atoms with van der Waals surface area (Å²) >= 11 is 0. The number of aliphatic hydroxyl groups excluding tert-OH is 19. The first-order valence-electron chi connectivity index (χ1n) is 20.4. The van der Waals surface area contributed by atoms with Crippen LogP contribution in [0.4, 0.5) is 0 Å². The Labute approximate surface area is 369 Å². The molecule has 0 rings (SSSR count). The van der Waals surface area contributed by atoms with Gasteiger partial charge in [0, 0.05) is 53.8 Å². The lowest BCUT2D eigenvalue weighted by molar-refractivity contribution is -0.335. The van der Waals surface area contributed by atoms with E-state index in [4.69, 9.17) is 48.7 Å². The van der Waals surface area contributed by atoms with E-state index < -0.39 is 182 Å². The summed E-state index contributed by atoms with van der Waals surface area (Å²) < 4.78 is 42.4. The third-order valence-electron chi connectivity index (χ3n) is 9.72. The topological polar surface area (TPSA) is 484 Å². The van der Waals surface area contributed by atoms with E-state index in [2.05, 4.69) is 0 Å². The summed E-state index contributed by atoms with van der Waals surface area (Å²) in [6.45, 7) is -3.53. The van der Waals surface area contributed by atoms with Gasteiger partial charge in [-0.15, -0.1) is 0 Å². The number of hydrogen-bond acceptors (Lipinski definition) is 28. The van der Waals surface area contributed by atoms with Gasteiger partial charge < -0.3 is 141 Å². The molecule has 0 fully saturated rings. The van der Waals surface area contributed by atoms with Crippen LogP contribution in [0, 0.1) is 0 Å². The summed E-state index contributed by atoms with van der Waals surface area (Å²) in [5, 5.41) is 198. The number of methoxy groups -OCH3 is 2. The monoisotopic (exact) mass is 953 g/mol. The Morgan fingerprint density at radius 1 is 0.359 bits per heavy atom. The van der Waals surface area contributed by atoms with Crippen LogP contribution in [0.3, 0.4) is 0 Å².